The number of ether oxygens (including phenoxy) is 1. The van der Waals surface area contributed by atoms with Crippen LogP contribution in [0.2, 0.25) is 5.02 Å². The molecule has 1 fully saturated rings. The highest BCUT2D eigenvalue weighted by Gasteiger charge is 2.45. The molecule has 0 bridgehead atoms. The lowest BCUT2D eigenvalue weighted by Crippen LogP contribution is -2.39. The van der Waals surface area contributed by atoms with Crippen molar-refractivity contribution in [1.82, 2.24) is 4.98 Å². The number of ketones is 1. The summed E-state index contributed by atoms with van der Waals surface area (Å²) in [6.45, 7) is 5.95. The van der Waals surface area contributed by atoms with Gasteiger partial charge in [-0.15, -0.1) is 0 Å². The number of hydrogen-bond acceptors (Lipinski definition) is 4. The number of carbonyl (C=O) groups excluding carboxylic acids is 2. The highest BCUT2D eigenvalue weighted by atomic mass is 35.5. The van der Waals surface area contributed by atoms with Gasteiger partial charge in [-0.25, -0.2) is 4.79 Å². The van der Waals surface area contributed by atoms with Crippen LogP contribution >= 0.6 is 11.6 Å². The van der Waals surface area contributed by atoms with Crippen LogP contribution in [0.5, 0.6) is 0 Å². The van der Waals surface area contributed by atoms with Crippen LogP contribution in [0.25, 0.3) is 0 Å². The Hall–Kier alpha value is -1.42. The smallest absolute Gasteiger partial charge is 0.341 e. The van der Waals surface area contributed by atoms with E-state index in [9.17, 15) is 9.59 Å². The number of carbonyl (C=O) groups is 2. The summed E-state index contributed by atoms with van der Waals surface area (Å²) < 4.78 is 5.12. The molecule has 4 nitrogen and oxygen atoms in total. The van der Waals surface area contributed by atoms with Crippen LogP contribution in [0.3, 0.4) is 0 Å². The first kappa shape index (κ1) is 16.4. The van der Waals surface area contributed by atoms with Crippen LogP contribution < -0.4 is 0 Å². The van der Waals surface area contributed by atoms with Gasteiger partial charge in [0.2, 0.25) is 0 Å². The Morgan fingerprint density at radius 2 is 2.04 bits per heavy atom. The van der Waals surface area contributed by atoms with Gasteiger partial charge in [0.25, 0.3) is 0 Å². The number of halogens is 1. The molecular formula is C18H22ClNO3. The SMILES string of the molecule is CCOC(=O)c1c(C(C)C)nc2c(c1Cl)C(=O)CC1(CCC1)C2. The van der Waals surface area contributed by atoms with Crippen molar-refractivity contribution in [3.63, 3.8) is 0 Å². The summed E-state index contributed by atoms with van der Waals surface area (Å²) in [7, 11) is 0. The third kappa shape index (κ3) is 2.67. The van der Waals surface area contributed by atoms with Crippen molar-refractivity contribution in [1.29, 1.82) is 0 Å². The highest BCUT2D eigenvalue weighted by molar-refractivity contribution is 6.37. The molecule has 0 saturated heterocycles. The van der Waals surface area contributed by atoms with Crippen molar-refractivity contribution in [2.24, 2.45) is 5.41 Å². The fourth-order valence-corrected chi connectivity index (χ4v) is 4.11. The predicted octanol–water partition coefficient (Wildman–Crippen LogP) is 4.33. The van der Waals surface area contributed by atoms with E-state index in [1.165, 1.54) is 6.42 Å². The van der Waals surface area contributed by atoms with Crippen LogP contribution in [-0.2, 0) is 11.2 Å². The standard InChI is InChI=1S/C18H22ClNO3/c1-4-23-17(22)14-15(19)13-11(20-16(14)10(2)3)8-18(6-5-7-18)9-12(13)21/h10H,4-9H2,1-3H3. The Morgan fingerprint density at radius 1 is 1.35 bits per heavy atom. The van der Waals surface area contributed by atoms with E-state index in [2.05, 4.69) is 0 Å². The molecule has 0 radical (unpaired) electrons. The Balaban J connectivity index is 2.15. The van der Waals surface area contributed by atoms with E-state index in [0.29, 0.717) is 17.7 Å². The minimum Gasteiger partial charge on any atom is -0.462 e. The average molecular weight is 336 g/mol. The van der Waals surface area contributed by atoms with Gasteiger partial charge >= 0.3 is 5.97 Å². The molecule has 0 aliphatic heterocycles. The number of nitrogens with zero attached hydrogens (tertiary/aromatic N) is 1. The molecule has 1 aromatic heterocycles. The molecule has 1 spiro atoms. The molecule has 0 aromatic carbocycles. The summed E-state index contributed by atoms with van der Waals surface area (Å²) in [6, 6.07) is 0. The topological polar surface area (TPSA) is 56.3 Å². The normalized spacial score (nSPS) is 18.7. The number of pyridine rings is 1. The van der Waals surface area contributed by atoms with Gasteiger partial charge in [0.1, 0.15) is 5.56 Å². The van der Waals surface area contributed by atoms with E-state index < -0.39 is 5.97 Å². The second kappa shape index (κ2) is 5.90. The quantitative estimate of drug-likeness (QED) is 0.771. The maximum atomic E-state index is 12.7. The molecule has 5 heteroatoms. The fraction of sp³-hybridized carbons (Fsp3) is 0.611. The molecule has 0 atom stereocenters. The average Bonchev–Trinajstić information content (AvgIpc) is 2.44. The van der Waals surface area contributed by atoms with Crippen molar-refractivity contribution in [2.45, 2.75) is 58.8 Å². The number of hydrogen-bond donors (Lipinski definition) is 0. The van der Waals surface area contributed by atoms with Crippen LogP contribution in [0, 0.1) is 5.41 Å². The van der Waals surface area contributed by atoms with Gasteiger partial charge in [0.05, 0.1) is 28.6 Å². The minimum absolute atomic E-state index is 0.0179. The molecule has 2 aliphatic rings. The summed E-state index contributed by atoms with van der Waals surface area (Å²) in [6.07, 6.45) is 4.64. The monoisotopic (exact) mass is 335 g/mol. The van der Waals surface area contributed by atoms with Gasteiger partial charge in [-0.2, -0.15) is 0 Å². The molecule has 124 valence electrons. The third-order valence-electron chi connectivity index (χ3n) is 5.04. The van der Waals surface area contributed by atoms with E-state index in [4.69, 9.17) is 21.3 Å². The number of rotatable bonds is 3. The Bertz CT molecular complexity index is 677. The van der Waals surface area contributed by atoms with E-state index in [-0.39, 0.29) is 34.3 Å². The second-order valence-electron chi connectivity index (χ2n) is 7.01. The van der Waals surface area contributed by atoms with Crippen LogP contribution in [0.1, 0.15) is 84.5 Å². The number of Topliss-reactive ketones (excluding diaryl/α,β-unsaturated/α-hetero) is 1. The van der Waals surface area contributed by atoms with Gasteiger partial charge in [-0.3, -0.25) is 9.78 Å². The summed E-state index contributed by atoms with van der Waals surface area (Å²) in [5.74, 6) is -0.441. The zero-order valence-electron chi connectivity index (χ0n) is 13.9. The Kier molecular flexibility index (Phi) is 4.21. The van der Waals surface area contributed by atoms with Crippen LogP contribution in [0.4, 0.5) is 0 Å². The van der Waals surface area contributed by atoms with Gasteiger partial charge in [0.15, 0.2) is 5.78 Å². The molecule has 1 saturated carbocycles. The summed E-state index contributed by atoms with van der Waals surface area (Å²) in [5.41, 5.74) is 2.19. The van der Waals surface area contributed by atoms with Crippen molar-refractivity contribution in [3.05, 3.63) is 27.5 Å². The fourth-order valence-electron chi connectivity index (χ4n) is 3.72. The van der Waals surface area contributed by atoms with E-state index in [1.807, 2.05) is 13.8 Å². The van der Waals surface area contributed by atoms with Gasteiger partial charge in [-0.1, -0.05) is 31.9 Å². The molecule has 2 aliphatic carbocycles. The largest absolute Gasteiger partial charge is 0.462 e. The summed E-state index contributed by atoms with van der Waals surface area (Å²) in [4.78, 5) is 29.7. The van der Waals surface area contributed by atoms with Crippen molar-refractivity contribution < 1.29 is 14.3 Å². The second-order valence-corrected chi connectivity index (χ2v) is 7.39. The Morgan fingerprint density at radius 3 is 2.57 bits per heavy atom. The summed E-state index contributed by atoms with van der Waals surface area (Å²) in [5, 5.41) is 0.233. The van der Waals surface area contributed by atoms with Gasteiger partial charge in [0, 0.05) is 6.42 Å². The first-order valence-electron chi connectivity index (χ1n) is 8.31. The number of aromatic nitrogens is 1. The molecule has 0 N–H and O–H groups in total. The zero-order valence-corrected chi connectivity index (χ0v) is 14.6. The van der Waals surface area contributed by atoms with Crippen LogP contribution in [0.15, 0.2) is 0 Å². The zero-order chi connectivity index (χ0) is 16.8. The maximum absolute atomic E-state index is 12.7. The minimum atomic E-state index is -0.492. The molecule has 0 amide bonds. The van der Waals surface area contributed by atoms with Crippen molar-refractivity contribution >= 4 is 23.4 Å². The molecular weight excluding hydrogens is 314 g/mol. The Labute approximate surface area is 141 Å². The third-order valence-corrected chi connectivity index (χ3v) is 5.41. The lowest BCUT2D eigenvalue weighted by molar-refractivity contribution is 0.0524. The predicted molar refractivity (Wildman–Crippen MR) is 88.2 cm³/mol. The van der Waals surface area contributed by atoms with Gasteiger partial charge in [-0.05, 0) is 37.5 Å². The first-order valence-corrected chi connectivity index (χ1v) is 8.69. The van der Waals surface area contributed by atoms with Crippen LogP contribution in [-0.4, -0.2) is 23.3 Å². The van der Waals surface area contributed by atoms with E-state index in [0.717, 1.165) is 25.0 Å². The van der Waals surface area contributed by atoms with Crippen molar-refractivity contribution in [2.75, 3.05) is 6.61 Å². The first-order chi connectivity index (χ1) is 10.9. The molecule has 1 heterocycles. The van der Waals surface area contributed by atoms with Crippen molar-refractivity contribution in [3.8, 4) is 0 Å². The summed E-state index contributed by atoms with van der Waals surface area (Å²) >= 11 is 6.49. The number of esters is 1. The molecule has 3 rings (SSSR count). The lowest BCUT2D eigenvalue weighted by atomic mass is 9.60. The number of fused-ring (bicyclic) bond motifs is 1. The highest BCUT2D eigenvalue weighted by Crippen LogP contribution is 2.51. The molecule has 0 unspecified atom stereocenters. The molecule has 23 heavy (non-hydrogen) atoms. The molecule has 1 aromatic rings. The van der Waals surface area contributed by atoms with E-state index >= 15 is 0 Å². The lowest BCUT2D eigenvalue weighted by Gasteiger charge is -2.44. The van der Waals surface area contributed by atoms with Gasteiger partial charge < -0.3 is 4.74 Å². The maximum Gasteiger partial charge on any atom is 0.341 e. The van der Waals surface area contributed by atoms with E-state index in [1.54, 1.807) is 6.92 Å².